The molecule has 2 N–H and O–H groups in total. The first-order valence-electron chi connectivity index (χ1n) is 3.80. The van der Waals surface area contributed by atoms with Crippen molar-refractivity contribution in [3.63, 3.8) is 0 Å². The predicted molar refractivity (Wildman–Crippen MR) is 49.5 cm³/mol. The molecule has 0 fully saturated rings. The highest BCUT2D eigenvalue weighted by molar-refractivity contribution is 5.85. The lowest BCUT2D eigenvalue weighted by atomic mass is 10.1. The van der Waals surface area contributed by atoms with Crippen molar-refractivity contribution in [2.24, 2.45) is 0 Å². The van der Waals surface area contributed by atoms with Crippen LogP contribution in [0.2, 0.25) is 0 Å². The lowest BCUT2D eigenvalue weighted by Gasteiger charge is -1.98. The average molecular weight is 178 g/mol. The quantitative estimate of drug-likeness (QED) is 0.679. The number of aryl methyl sites for hydroxylation is 1. The highest BCUT2D eigenvalue weighted by atomic mass is 16.4. The first-order valence-corrected chi connectivity index (χ1v) is 3.80. The van der Waals surface area contributed by atoms with E-state index in [4.69, 9.17) is 5.11 Å². The standard InChI is InChI=1S/C10H10O3/c1-7-2-3-8(6-9(7)11)4-5-10(12)13/h2-6,11H,1H3,(H,12,13). The van der Waals surface area contributed by atoms with Crippen molar-refractivity contribution in [2.75, 3.05) is 0 Å². The smallest absolute Gasteiger partial charge is 0.328 e. The Kier molecular flexibility index (Phi) is 2.69. The summed E-state index contributed by atoms with van der Waals surface area (Å²) in [5.41, 5.74) is 1.44. The van der Waals surface area contributed by atoms with Gasteiger partial charge >= 0.3 is 5.97 Å². The van der Waals surface area contributed by atoms with Crippen LogP contribution in [-0.4, -0.2) is 16.2 Å². The van der Waals surface area contributed by atoms with Gasteiger partial charge < -0.3 is 10.2 Å². The maximum Gasteiger partial charge on any atom is 0.328 e. The summed E-state index contributed by atoms with van der Waals surface area (Å²) in [7, 11) is 0. The van der Waals surface area contributed by atoms with Crippen LogP contribution in [-0.2, 0) is 4.79 Å². The molecule has 1 aromatic rings. The van der Waals surface area contributed by atoms with Gasteiger partial charge in [-0.25, -0.2) is 4.79 Å². The van der Waals surface area contributed by atoms with E-state index in [9.17, 15) is 9.90 Å². The average Bonchev–Trinajstić information content (AvgIpc) is 2.07. The van der Waals surface area contributed by atoms with Crippen molar-refractivity contribution in [2.45, 2.75) is 6.92 Å². The van der Waals surface area contributed by atoms with E-state index < -0.39 is 5.97 Å². The zero-order valence-corrected chi connectivity index (χ0v) is 7.19. The number of carbonyl (C=O) groups is 1. The van der Waals surface area contributed by atoms with Crippen LogP contribution in [0.1, 0.15) is 11.1 Å². The van der Waals surface area contributed by atoms with Gasteiger partial charge in [-0.3, -0.25) is 0 Å². The van der Waals surface area contributed by atoms with Crippen molar-refractivity contribution in [1.29, 1.82) is 0 Å². The fourth-order valence-corrected chi connectivity index (χ4v) is 0.898. The summed E-state index contributed by atoms with van der Waals surface area (Å²) < 4.78 is 0. The Hall–Kier alpha value is -1.77. The third-order valence-electron chi connectivity index (χ3n) is 1.65. The number of phenols is 1. The van der Waals surface area contributed by atoms with Gasteiger partial charge in [0.25, 0.3) is 0 Å². The summed E-state index contributed by atoms with van der Waals surface area (Å²) in [5, 5.41) is 17.6. The number of carboxylic acid groups (broad SMARTS) is 1. The largest absolute Gasteiger partial charge is 0.508 e. The minimum absolute atomic E-state index is 0.174. The Labute approximate surface area is 76.0 Å². The van der Waals surface area contributed by atoms with Gasteiger partial charge in [0.15, 0.2) is 0 Å². The maximum absolute atomic E-state index is 10.2. The third-order valence-corrected chi connectivity index (χ3v) is 1.65. The zero-order chi connectivity index (χ0) is 9.84. The fraction of sp³-hybridized carbons (Fsp3) is 0.100. The van der Waals surface area contributed by atoms with E-state index >= 15 is 0 Å². The number of phenolic OH excluding ortho intramolecular Hbond substituents is 1. The van der Waals surface area contributed by atoms with Crippen LogP contribution >= 0.6 is 0 Å². The molecule has 1 aromatic carbocycles. The minimum atomic E-state index is -1.000. The monoisotopic (exact) mass is 178 g/mol. The molecule has 0 aliphatic heterocycles. The zero-order valence-electron chi connectivity index (χ0n) is 7.19. The Morgan fingerprint density at radius 3 is 2.69 bits per heavy atom. The molecule has 0 aliphatic carbocycles. The van der Waals surface area contributed by atoms with Crippen LogP contribution in [0.5, 0.6) is 5.75 Å². The van der Waals surface area contributed by atoms with E-state index in [0.717, 1.165) is 11.6 Å². The van der Waals surface area contributed by atoms with E-state index in [2.05, 4.69) is 0 Å². The molecule has 68 valence electrons. The van der Waals surface area contributed by atoms with Gasteiger partial charge in [0, 0.05) is 6.08 Å². The van der Waals surface area contributed by atoms with Gasteiger partial charge in [0.2, 0.25) is 0 Å². The molecule has 0 saturated carbocycles. The molecule has 0 heterocycles. The second-order valence-electron chi connectivity index (χ2n) is 2.72. The molecular formula is C10H10O3. The van der Waals surface area contributed by atoms with E-state index in [1.165, 1.54) is 12.1 Å². The number of aliphatic carboxylic acids is 1. The topological polar surface area (TPSA) is 57.5 Å². The number of hydrogen-bond acceptors (Lipinski definition) is 2. The lowest BCUT2D eigenvalue weighted by molar-refractivity contribution is -0.131. The van der Waals surface area contributed by atoms with Gasteiger partial charge in [-0.05, 0) is 30.2 Å². The van der Waals surface area contributed by atoms with Crippen LogP contribution in [0.3, 0.4) is 0 Å². The molecule has 0 saturated heterocycles. The number of carboxylic acids is 1. The summed E-state index contributed by atoms with van der Waals surface area (Å²) in [6.45, 7) is 1.78. The van der Waals surface area contributed by atoms with E-state index in [-0.39, 0.29) is 5.75 Å². The third kappa shape index (κ3) is 2.63. The normalized spacial score (nSPS) is 10.5. The number of rotatable bonds is 2. The number of aromatic hydroxyl groups is 1. The Morgan fingerprint density at radius 2 is 2.15 bits per heavy atom. The molecule has 0 unspecified atom stereocenters. The van der Waals surface area contributed by atoms with Gasteiger partial charge in [-0.1, -0.05) is 12.1 Å². The van der Waals surface area contributed by atoms with Gasteiger partial charge in [-0.15, -0.1) is 0 Å². The summed E-state index contributed by atoms with van der Waals surface area (Å²) in [6, 6.07) is 5.00. The van der Waals surface area contributed by atoms with Crippen molar-refractivity contribution >= 4 is 12.0 Å². The molecule has 0 amide bonds. The second-order valence-corrected chi connectivity index (χ2v) is 2.72. The molecule has 3 heteroatoms. The van der Waals surface area contributed by atoms with Crippen LogP contribution < -0.4 is 0 Å². The molecule has 3 nitrogen and oxygen atoms in total. The molecule has 13 heavy (non-hydrogen) atoms. The molecule has 0 aromatic heterocycles. The van der Waals surface area contributed by atoms with Crippen molar-refractivity contribution in [3.05, 3.63) is 35.4 Å². The second kappa shape index (κ2) is 3.76. The van der Waals surface area contributed by atoms with Crippen LogP contribution in [0.4, 0.5) is 0 Å². The predicted octanol–water partition coefficient (Wildman–Crippen LogP) is 1.80. The van der Waals surface area contributed by atoms with E-state index in [1.54, 1.807) is 19.1 Å². The summed E-state index contributed by atoms with van der Waals surface area (Å²) in [5.74, 6) is -0.826. The van der Waals surface area contributed by atoms with E-state index in [1.807, 2.05) is 0 Å². The van der Waals surface area contributed by atoms with E-state index in [0.29, 0.717) is 5.56 Å². The molecule has 0 spiro atoms. The van der Waals surface area contributed by atoms with Gasteiger partial charge in [0.1, 0.15) is 5.75 Å². The summed E-state index contributed by atoms with van der Waals surface area (Å²) in [4.78, 5) is 10.2. The minimum Gasteiger partial charge on any atom is -0.508 e. The van der Waals surface area contributed by atoms with Crippen LogP contribution in [0.25, 0.3) is 6.08 Å². The van der Waals surface area contributed by atoms with Gasteiger partial charge in [0.05, 0.1) is 0 Å². The van der Waals surface area contributed by atoms with Gasteiger partial charge in [-0.2, -0.15) is 0 Å². The molecular weight excluding hydrogens is 168 g/mol. The Bertz CT molecular complexity index is 353. The molecule has 0 bridgehead atoms. The fourth-order valence-electron chi connectivity index (χ4n) is 0.898. The van der Waals surface area contributed by atoms with Crippen molar-refractivity contribution in [3.8, 4) is 5.75 Å². The Balaban J connectivity index is 2.92. The number of benzene rings is 1. The highest BCUT2D eigenvalue weighted by Gasteiger charge is 1.95. The van der Waals surface area contributed by atoms with Crippen molar-refractivity contribution in [1.82, 2.24) is 0 Å². The number of hydrogen-bond donors (Lipinski definition) is 2. The van der Waals surface area contributed by atoms with Crippen LogP contribution in [0.15, 0.2) is 24.3 Å². The van der Waals surface area contributed by atoms with Crippen LogP contribution in [0, 0.1) is 6.92 Å². The SMILES string of the molecule is Cc1ccc(C=CC(=O)O)cc1O. The molecule has 0 aliphatic rings. The first-order chi connectivity index (χ1) is 6.09. The summed E-state index contributed by atoms with van der Waals surface area (Å²) >= 11 is 0. The molecule has 1 rings (SSSR count). The maximum atomic E-state index is 10.2. The summed E-state index contributed by atoms with van der Waals surface area (Å²) in [6.07, 6.45) is 2.46. The van der Waals surface area contributed by atoms with Crippen molar-refractivity contribution < 1.29 is 15.0 Å². The molecule has 0 atom stereocenters. The highest BCUT2D eigenvalue weighted by Crippen LogP contribution is 2.17. The lowest BCUT2D eigenvalue weighted by Crippen LogP contribution is -1.85. The first kappa shape index (κ1) is 9.32. The Morgan fingerprint density at radius 1 is 1.46 bits per heavy atom. The molecule has 0 radical (unpaired) electrons.